The molecule has 0 radical (unpaired) electrons. The van der Waals surface area contributed by atoms with Crippen molar-refractivity contribution < 1.29 is 13.7 Å². The fraction of sp³-hybridized carbons (Fsp3) is 0.267. The highest BCUT2D eigenvalue weighted by Crippen LogP contribution is 2.49. The standard InChI is InChI=1S/C15H13N3O3S/c1-9-7-13(22-18-9)16-14(19)15(4-5-15)12-8-11(21-17-12)10-3-2-6-20-10/h2-3,6-8H,4-5H2,1H3,(H,16,19). The number of nitrogens with zero attached hydrogens (tertiary/aromatic N) is 2. The van der Waals surface area contributed by atoms with Crippen molar-refractivity contribution in [1.29, 1.82) is 0 Å². The molecule has 0 saturated heterocycles. The number of carbonyl (C=O) groups excluding carboxylic acids is 1. The third-order valence-corrected chi connectivity index (χ3v) is 4.61. The molecule has 22 heavy (non-hydrogen) atoms. The lowest BCUT2D eigenvalue weighted by Gasteiger charge is -2.10. The van der Waals surface area contributed by atoms with Crippen LogP contribution in [0.1, 0.15) is 24.2 Å². The molecule has 112 valence electrons. The van der Waals surface area contributed by atoms with E-state index in [4.69, 9.17) is 8.94 Å². The average molecular weight is 315 g/mol. The minimum Gasteiger partial charge on any atom is -0.461 e. The first kappa shape index (κ1) is 13.3. The molecule has 0 unspecified atom stereocenters. The molecule has 1 fully saturated rings. The Kier molecular flexibility index (Phi) is 2.90. The second kappa shape index (κ2) is 4.81. The maximum Gasteiger partial charge on any atom is 0.237 e. The minimum absolute atomic E-state index is 0.0598. The molecular formula is C15H13N3O3S. The van der Waals surface area contributed by atoms with Crippen LogP contribution >= 0.6 is 11.5 Å². The van der Waals surface area contributed by atoms with E-state index in [9.17, 15) is 4.79 Å². The van der Waals surface area contributed by atoms with Gasteiger partial charge in [-0.15, -0.1) is 0 Å². The Balaban J connectivity index is 1.57. The lowest BCUT2D eigenvalue weighted by molar-refractivity contribution is -0.118. The Labute approximate surface area is 130 Å². The summed E-state index contributed by atoms with van der Waals surface area (Å²) < 4.78 is 14.8. The van der Waals surface area contributed by atoms with Crippen LogP contribution in [-0.2, 0) is 10.2 Å². The van der Waals surface area contributed by atoms with Gasteiger partial charge in [0.25, 0.3) is 0 Å². The van der Waals surface area contributed by atoms with E-state index in [0.717, 1.165) is 23.5 Å². The van der Waals surface area contributed by atoms with Crippen LogP contribution in [0, 0.1) is 6.92 Å². The highest BCUT2D eigenvalue weighted by molar-refractivity contribution is 7.10. The number of furan rings is 1. The molecule has 0 aromatic carbocycles. The largest absolute Gasteiger partial charge is 0.461 e. The van der Waals surface area contributed by atoms with E-state index in [0.29, 0.717) is 17.2 Å². The van der Waals surface area contributed by atoms with Gasteiger partial charge in [0, 0.05) is 6.07 Å². The van der Waals surface area contributed by atoms with Gasteiger partial charge in [-0.2, -0.15) is 4.37 Å². The number of hydrogen-bond acceptors (Lipinski definition) is 6. The van der Waals surface area contributed by atoms with Gasteiger partial charge >= 0.3 is 0 Å². The Morgan fingerprint density at radius 1 is 1.36 bits per heavy atom. The van der Waals surface area contributed by atoms with Crippen molar-refractivity contribution in [3.8, 4) is 11.5 Å². The summed E-state index contributed by atoms with van der Waals surface area (Å²) in [5.74, 6) is 1.08. The molecule has 6 nitrogen and oxygen atoms in total. The van der Waals surface area contributed by atoms with Crippen molar-refractivity contribution >= 4 is 22.4 Å². The van der Waals surface area contributed by atoms with Crippen LogP contribution in [0.15, 0.2) is 39.5 Å². The summed E-state index contributed by atoms with van der Waals surface area (Å²) >= 11 is 1.28. The molecule has 3 aromatic heterocycles. The van der Waals surface area contributed by atoms with Crippen LogP contribution in [0.5, 0.6) is 0 Å². The van der Waals surface area contributed by atoms with E-state index in [2.05, 4.69) is 14.8 Å². The predicted octanol–water partition coefficient (Wildman–Crippen LogP) is 3.37. The van der Waals surface area contributed by atoms with E-state index in [-0.39, 0.29) is 5.91 Å². The fourth-order valence-corrected chi connectivity index (χ4v) is 3.07. The van der Waals surface area contributed by atoms with Gasteiger partial charge in [0.05, 0.1) is 23.1 Å². The topological polar surface area (TPSA) is 81.2 Å². The van der Waals surface area contributed by atoms with Gasteiger partial charge in [-0.1, -0.05) is 5.16 Å². The summed E-state index contributed by atoms with van der Waals surface area (Å²) in [6, 6.07) is 7.21. The summed E-state index contributed by atoms with van der Waals surface area (Å²) in [4.78, 5) is 12.6. The van der Waals surface area contributed by atoms with Crippen LogP contribution in [0.25, 0.3) is 11.5 Å². The molecule has 3 heterocycles. The lowest BCUT2D eigenvalue weighted by Crippen LogP contribution is -2.27. The zero-order chi connectivity index (χ0) is 15.2. The number of carbonyl (C=O) groups is 1. The molecule has 0 atom stereocenters. The number of hydrogen-bond donors (Lipinski definition) is 1. The molecule has 1 aliphatic rings. The fourth-order valence-electron chi connectivity index (χ4n) is 2.41. The molecule has 0 bridgehead atoms. The van der Waals surface area contributed by atoms with Crippen molar-refractivity contribution in [2.45, 2.75) is 25.2 Å². The second-order valence-electron chi connectivity index (χ2n) is 5.42. The molecule has 0 spiro atoms. The second-order valence-corrected chi connectivity index (χ2v) is 6.23. The Bertz CT molecular complexity index is 815. The van der Waals surface area contributed by atoms with Crippen molar-refractivity contribution in [1.82, 2.24) is 9.53 Å². The minimum atomic E-state index is -0.591. The first-order valence-corrected chi connectivity index (χ1v) is 7.71. The smallest absolute Gasteiger partial charge is 0.237 e. The van der Waals surface area contributed by atoms with Gasteiger partial charge in [-0.3, -0.25) is 4.79 Å². The normalized spacial score (nSPS) is 15.7. The van der Waals surface area contributed by atoms with E-state index in [1.807, 2.05) is 13.0 Å². The highest BCUT2D eigenvalue weighted by atomic mass is 32.1. The maximum absolute atomic E-state index is 12.6. The van der Waals surface area contributed by atoms with Crippen molar-refractivity contribution in [2.24, 2.45) is 0 Å². The van der Waals surface area contributed by atoms with Crippen LogP contribution in [-0.4, -0.2) is 15.4 Å². The zero-order valence-electron chi connectivity index (χ0n) is 11.8. The molecule has 3 aromatic rings. The van der Waals surface area contributed by atoms with Gasteiger partial charge in [-0.25, -0.2) is 0 Å². The third kappa shape index (κ3) is 2.14. The number of anilines is 1. The van der Waals surface area contributed by atoms with Crippen molar-refractivity contribution in [2.75, 3.05) is 5.32 Å². The van der Waals surface area contributed by atoms with Gasteiger partial charge in [0.1, 0.15) is 5.00 Å². The third-order valence-electron chi connectivity index (χ3n) is 3.81. The van der Waals surface area contributed by atoms with Crippen LogP contribution in [0.3, 0.4) is 0 Å². The first-order valence-electron chi connectivity index (χ1n) is 6.93. The summed E-state index contributed by atoms with van der Waals surface area (Å²) in [7, 11) is 0. The highest BCUT2D eigenvalue weighted by Gasteiger charge is 2.54. The van der Waals surface area contributed by atoms with Crippen molar-refractivity contribution in [3.63, 3.8) is 0 Å². The Hall–Kier alpha value is -2.41. The van der Waals surface area contributed by atoms with E-state index < -0.39 is 5.41 Å². The van der Waals surface area contributed by atoms with E-state index in [1.165, 1.54) is 11.5 Å². The van der Waals surface area contributed by atoms with E-state index >= 15 is 0 Å². The summed E-state index contributed by atoms with van der Waals surface area (Å²) in [6.07, 6.45) is 3.10. The molecular weight excluding hydrogens is 302 g/mol. The summed E-state index contributed by atoms with van der Waals surface area (Å²) in [5, 5.41) is 7.74. The van der Waals surface area contributed by atoms with Gasteiger partial charge in [0.15, 0.2) is 5.76 Å². The molecule has 1 N–H and O–H groups in total. The van der Waals surface area contributed by atoms with Crippen LogP contribution in [0.2, 0.25) is 0 Å². The number of amides is 1. The maximum atomic E-state index is 12.6. The number of aromatic nitrogens is 2. The lowest BCUT2D eigenvalue weighted by atomic mass is 10.0. The Morgan fingerprint density at radius 3 is 2.86 bits per heavy atom. The van der Waals surface area contributed by atoms with E-state index in [1.54, 1.807) is 24.5 Å². The molecule has 0 aliphatic heterocycles. The van der Waals surface area contributed by atoms with Crippen LogP contribution in [0.4, 0.5) is 5.00 Å². The van der Waals surface area contributed by atoms with Gasteiger partial charge in [-0.05, 0) is 49.5 Å². The summed E-state index contributed by atoms with van der Waals surface area (Å²) in [5.41, 5.74) is 0.955. The molecule has 1 aliphatic carbocycles. The monoisotopic (exact) mass is 315 g/mol. The van der Waals surface area contributed by atoms with Gasteiger partial charge in [0.2, 0.25) is 11.7 Å². The van der Waals surface area contributed by atoms with Crippen LogP contribution < -0.4 is 5.32 Å². The molecule has 7 heteroatoms. The predicted molar refractivity (Wildman–Crippen MR) is 80.6 cm³/mol. The SMILES string of the molecule is Cc1cc(NC(=O)C2(c3cc(-c4ccco4)on3)CC2)sn1. The summed E-state index contributed by atoms with van der Waals surface area (Å²) in [6.45, 7) is 1.90. The molecule has 1 amide bonds. The molecule has 4 rings (SSSR count). The zero-order valence-corrected chi connectivity index (χ0v) is 12.6. The van der Waals surface area contributed by atoms with Crippen molar-refractivity contribution in [3.05, 3.63) is 41.9 Å². The Morgan fingerprint density at radius 2 is 2.23 bits per heavy atom. The number of aryl methyl sites for hydroxylation is 1. The number of nitrogens with one attached hydrogen (secondary N) is 1. The first-order chi connectivity index (χ1) is 10.7. The average Bonchev–Trinajstić information content (AvgIpc) is 2.93. The van der Waals surface area contributed by atoms with Gasteiger partial charge < -0.3 is 14.3 Å². The quantitative estimate of drug-likeness (QED) is 0.798. The molecule has 1 saturated carbocycles. The number of rotatable bonds is 4.